The predicted octanol–water partition coefficient (Wildman–Crippen LogP) is 3.21. The normalized spacial score (nSPS) is 15.0. The lowest BCUT2D eigenvalue weighted by Gasteiger charge is -2.03. The van der Waals surface area contributed by atoms with E-state index in [-0.39, 0.29) is 0 Å². The van der Waals surface area contributed by atoms with Crippen LogP contribution >= 0.6 is 0 Å². The average molecular weight is 242 g/mol. The molecule has 1 saturated carbocycles. The third-order valence-corrected chi connectivity index (χ3v) is 3.32. The monoisotopic (exact) mass is 242 g/mol. The van der Waals surface area contributed by atoms with E-state index in [1.165, 1.54) is 24.0 Å². The van der Waals surface area contributed by atoms with Crippen LogP contribution in [-0.2, 0) is 6.54 Å². The van der Waals surface area contributed by atoms with Crippen molar-refractivity contribution in [1.29, 1.82) is 0 Å². The lowest BCUT2D eigenvalue weighted by atomic mass is 10.0. The summed E-state index contributed by atoms with van der Waals surface area (Å²) in [7, 11) is 0. The van der Waals surface area contributed by atoms with Gasteiger partial charge < -0.3 is 9.73 Å². The third kappa shape index (κ3) is 2.46. The summed E-state index contributed by atoms with van der Waals surface area (Å²) in [5.74, 6) is 1.64. The molecule has 1 aliphatic carbocycles. The highest BCUT2D eigenvalue weighted by molar-refractivity contribution is 5.61. The van der Waals surface area contributed by atoms with Crippen LogP contribution in [0.3, 0.4) is 0 Å². The van der Waals surface area contributed by atoms with E-state index in [4.69, 9.17) is 4.42 Å². The molecule has 0 saturated heterocycles. The van der Waals surface area contributed by atoms with E-state index in [0.717, 1.165) is 23.8 Å². The van der Waals surface area contributed by atoms with Crippen molar-refractivity contribution < 1.29 is 4.42 Å². The van der Waals surface area contributed by atoms with Crippen LogP contribution in [0.2, 0.25) is 0 Å². The Labute approximate surface area is 107 Å². The molecule has 0 amide bonds. The number of nitrogens with one attached hydrogen (secondary N) is 1. The van der Waals surface area contributed by atoms with E-state index in [9.17, 15) is 0 Å². The van der Waals surface area contributed by atoms with Gasteiger partial charge >= 0.3 is 0 Å². The van der Waals surface area contributed by atoms with Gasteiger partial charge in [0.05, 0.1) is 12.7 Å². The third-order valence-electron chi connectivity index (χ3n) is 3.32. The minimum atomic E-state index is 0.682. The Kier molecular flexibility index (Phi) is 2.92. The summed E-state index contributed by atoms with van der Waals surface area (Å²) in [4.78, 5) is 4.33. The maximum absolute atomic E-state index is 5.79. The number of oxazole rings is 1. The minimum Gasteiger partial charge on any atom is -0.439 e. The number of nitrogens with zero attached hydrogens (tertiary/aromatic N) is 1. The molecule has 1 fully saturated rings. The van der Waals surface area contributed by atoms with Crippen LogP contribution in [0.25, 0.3) is 11.3 Å². The Balaban J connectivity index is 1.78. The fourth-order valence-corrected chi connectivity index (χ4v) is 2.13. The first-order valence-electron chi connectivity index (χ1n) is 6.48. The summed E-state index contributed by atoms with van der Waals surface area (Å²) >= 11 is 0. The smallest absolute Gasteiger partial charge is 0.208 e. The molecule has 0 unspecified atom stereocenters. The van der Waals surface area contributed by atoms with Crippen LogP contribution in [-0.4, -0.2) is 11.0 Å². The van der Waals surface area contributed by atoms with Gasteiger partial charge in [-0.15, -0.1) is 0 Å². The molecule has 2 aromatic rings. The van der Waals surface area contributed by atoms with Gasteiger partial charge in [0.15, 0.2) is 5.76 Å². The largest absolute Gasteiger partial charge is 0.439 e. The molecular formula is C15H18N2O. The molecule has 0 radical (unpaired) electrons. The quantitative estimate of drug-likeness (QED) is 0.894. The molecule has 1 aromatic carbocycles. The molecule has 3 rings (SSSR count). The van der Waals surface area contributed by atoms with Gasteiger partial charge in [0.1, 0.15) is 0 Å². The standard InChI is InChI=1S/C15H18N2O/c1-10-3-6-13(11(2)7-10)14-8-17-15(18-14)9-16-12-4-5-12/h3,6-8,12,16H,4-5,9H2,1-2H3. The second-order valence-electron chi connectivity index (χ2n) is 5.09. The van der Waals surface area contributed by atoms with Crippen LogP contribution in [0.4, 0.5) is 0 Å². The zero-order chi connectivity index (χ0) is 12.5. The molecule has 94 valence electrons. The van der Waals surface area contributed by atoms with Gasteiger partial charge in [0, 0.05) is 11.6 Å². The average Bonchev–Trinajstić information content (AvgIpc) is 3.05. The molecule has 1 aliphatic rings. The highest BCUT2D eigenvalue weighted by atomic mass is 16.4. The van der Waals surface area contributed by atoms with E-state index < -0.39 is 0 Å². The molecule has 0 spiro atoms. The summed E-state index contributed by atoms with van der Waals surface area (Å²) in [6.07, 6.45) is 4.39. The molecule has 3 heteroatoms. The van der Waals surface area contributed by atoms with Crippen molar-refractivity contribution in [2.24, 2.45) is 0 Å². The second-order valence-corrected chi connectivity index (χ2v) is 5.09. The molecule has 3 nitrogen and oxygen atoms in total. The van der Waals surface area contributed by atoms with Crippen molar-refractivity contribution in [2.75, 3.05) is 0 Å². The number of aromatic nitrogens is 1. The van der Waals surface area contributed by atoms with Gasteiger partial charge in [0.25, 0.3) is 0 Å². The van der Waals surface area contributed by atoms with Crippen LogP contribution in [0.1, 0.15) is 29.9 Å². The Morgan fingerprint density at radius 3 is 2.89 bits per heavy atom. The Bertz CT molecular complexity index is 555. The summed E-state index contributed by atoms with van der Waals surface area (Å²) in [5, 5.41) is 3.41. The van der Waals surface area contributed by atoms with Crippen molar-refractivity contribution in [3.05, 3.63) is 41.4 Å². The molecule has 1 N–H and O–H groups in total. The van der Waals surface area contributed by atoms with E-state index >= 15 is 0 Å². The fraction of sp³-hybridized carbons (Fsp3) is 0.400. The summed E-state index contributed by atoms with van der Waals surface area (Å²) in [6, 6.07) is 7.05. The van der Waals surface area contributed by atoms with Crippen LogP contribution in [0.15, 0.2) is 28.8 Å². The second kappa shape index (κ2) is 4.58. The van der Waals surface area contributed by atoms with Crippen molar-refractivity contribution >= 4 is 0 Å². The van der Waals surface area contributed by atoms with Gasteiger partial charge in [-0.3, -0.25) is 0 Å². The zero-order valence-electron chi connectivity index (χ0n) is 10.9. The number of hydrogen-bond donors (Lipinski definition) is 1. The highest BCUT2D eigenvalue weighted by Gasteiger charge is 2.21. The van der Waals surface area contributed by atoms with Crippen LogP contribution in [0.5, 0.6) is 0 Å². The van der Waals surface area contributed by atoms with Crippen molar-refractivity contribution in [3.8, 4) is 11.3 Å². The van der Waals surface area contributed by atoms with Gasteiger partial charge in [0.2, 0.25) is 5.89 Å². The topological polar surface area (TPSA) is 38.1 Å². The number of hydrogen-bond acceptors (Lipinski definition) is 3. The number of aryl methyl sites for hydroxylation is 2. The van der Waals surface area contributed by atoms with Gasteiger partial charge in [-0.2, -0.15) is 0 Å². The van der Waals surface area contributed by atoms with E-state index in [0.29, 0.717) is 6.04 Å². The van der Waals surface area contributed by atoms with E-state index in [1.807, 2.05) is 6.20 Å². The molecule has 0 aliphatic heterocycles. The van der Waals surface area contributed by atoms with Gasteiger partial charge in [-0.05, 0) is 32.3 Å². The maximum Gasteiger partial charge on any atom is 0.208 e. The molecule has 18 heavy (non-hydrogen) atoms. The first kappa shape index (κ1) is 11.5. The molecule has 1 aromatic heterocycles. The number of benzene rings is 1. The summed E-state index contributed by atoms with van der Waals surface area (Å²) in [6.45, 7) is 4.94. The van der Waals surface area contributed by atoms with Gasteiger partial charge in [-0.25, -0.2) is 4.98 Å². The lowest BCUT2D eigenvalue weighted by molar-refractivity contribution is 0.476. The fourth-order valence-electron chi connectivity index (χ4n) is 2.13. The first-order chi connectivity index (χ1) is 8.72. The zero-order valence-corrected chi connectivity index (χ0v) is 10.9. The van der Waals surface area contributed by atoms with Crippen molar-refractivity contribution in [1.82, 2.24) is 10.3 Å². The molecular weight excluding hydrogens is 224 g/mol. The lowest BCUT2D eigenvalue weighted by Crippen LogP contribution is -2.15. The number of rotatable bonds is 4. The van der Waals surface area contributed by atoms with Crippen LogP contribution in [0, 0.1) is 13.8 Å². The van der Waals surface area contributed by atoms with Crippen LogP contribution < -0.4 is 5.32 Å². The van der Waals surface area contributed by atoms with Crippen molar-refractivity contribution in [2.45, 2.75) is 39.3 Å². The predicted molar refractivity (Wildman–Crippen MR) is 71.3 cm³/mol. The van der Waals surface area contributed by atoms with E-state index in [1.54, 1.807) is 0 Å². The molecule has 1 heterocycles. The summed E-state index contributed by atoms with van der Waals surface area (Å²) in [5.41, 5.74) is 3.63. The molecule has 0 bridgehead atoms. The Morgan fingerprint density at radius 1 is 1.33 bits per heavy atom. The summed E-state index contributed by atoms with van der Waals surface area (Å²) < 4.78 is 5.79. The van der Waals surface area contributed by atoms with Crippen molar-refractivity contribution in [3.63, 3.8) is 0 Å². The molecule has 0 atom stereocenters. The Hall–Kier alpha value is -1.61. The first-order valence-corrected chi connectivity index (χ1v) is 6.48. The highest BCUT2D eigenvalue weighted by Crippen LogP contribution is 2.25. The Morgan fingerprint density at radius 2 is 2.17 bits per heavy atom. The SMILES string of the molecule is Cc1ccc(-c2cnc(CNC3CC3)o2)c(C)c1. The minimum absolute atomic E-state index is 0.682. The van der Waals surface area contributed by atoms with E-state index in [2.05, 4.69) is 42.3 Å². The maximum atomic E-state index is 5.79. The van der Waals surface area contributed by atoms with Gasteiger partial charge in [-0.1, -0.05) is 23.8 Å².